The van der Waals surface area contributed by atoms with Gasteiger partial charge in [-0.1, -0.05) is 37.3 Å². The number of benzene rings is 1. The second-order valence-corrected chi connectivity index (χ2v) is 7.83. The van der Waals surface area contributed by atoms with Crippen molar-refractivity contribution >= 4 is 5.91 Å². The Morgan fingerprint density at radius 2 is 1.80 bits per heavy atom. The molecule has 2 aliphatic rings. The van der Waals surface area contributed by atoms with Crippen LogP contribution in [0, 0.1) is 5.92 Å². The summed E-state index contributed by atoms with van der Waals surface area (Å²) in [4.78, 5) is 19.9. The lowest BCUT2D eigenvalue weighted by Crippen LogP contribution is -2.44. The third kappa shape index (κ3) is 5.05. The highest BCUT2D eigenvalue weighted by Gasteiger charge is 2.30. The molecule has 0 aliphatic carbocycles. The number of nitrogens with zero attached hydrogens (tertiary/aromatic N) is 3. The molecule has 0 aromatic heterocycles. The molecule has 2 heterocycles. The second kappa shape index (κ2) is 8.81. The van der Waals surface area contributed by atoms with Crippen LogP contribution in [0.15, 0.2) is 30.3 Å². The van der Waals surface area contributed by atoms with E-state index in [0.29, 0.717) is 18.4 Å². The van der Waals surface area contributed by atoms with Gasteiger partial charge in [-0.25, -0.2) is 0 Å². The van der Waals surface area contributed by atoms with Crippen LogP contribution in [0.1, 0.15) is 38.2 Å². The van der Waals surface area contributed by atoms with Crippen LogP contribution in [0.5, 0.6) is 0 Å². The molecule has 2 aliphatic heterocycles. The summed E-state index contributed by atoms with van der Waals surface area (Å²) in [6.45, 7) is 8.52. The number of hydrogen-bond donors (Lipinski definition) is 0. The van der Waals surface area contributed by atoms with Gasteiger partial charge in [-0.2, -0.15) is 0 Å². The quantitative estimate of drug-likeness (QED) is 0.822. The Kier molecular flexibility index (Phi) is 6.49. The summed E-state index contributed by atoms with van der Waals surface area (Å²) in [5.41, 5.74) is 1.23. The van der Waals surface area contributed by atoms with E-state index in [1.54, 1.807) is 0 Å². The van der Waals surface area contributed by atoms with E-state index in [-0.39, 0.29) is 0 Å². The maximum Gasteiger partial charge on any atom is 0.224 e. The smallest absolute Gasteiger partial charge is 0.224 e. The number of hydrogen-bond acceptors (Lipinski definition) is 3. The van der Waals surface area contributed by atoms with Crippen LogP contribution in [0.2, 0.25) is 0 Å². The highest BCUT2D eigenvalue weighted by atomic mass is 16.2. The highest BCUT2D eigenvalue weighted by molar-refractivity contribution is 5.77. The third-order valence-corrected chi connectivity index (χ3v) is 5.89. The van der Waals surface area contributed by atoms with Crippen LogP contribution in [0.4, 0.5) is 0 Å². The minimum atomic E-state index is 0.321. The van der Waals surface area contributed by atoms with Crippen LogP contribution < -0.4 is 0 Å². The number of rotatable bonds is 5. The fourth-order valence-corrected chi connectivity index (χ4v) is 4.21. The van der Waals surface area contributed by atoms with E-state index in [9.17, 15) is 4.79 Å². The molecule has 1 amide bonds. The van der Waals surface area contributed by atoms with Gasteiger partial charge in [0.05, 0.1) is 0 Å². The molecule has 0 radical (unpaired) electrons. The highest BCUT2D eigenvalue weighted by Crippen LogP contribution is 2.22. The van der Waals surface area contributed by atoms with E-state index >= 15 is 0 Å². The molecule has 0 spiro atoms. The molecule has 0 saturated carbocycles. The van der Waals surface area contributed by atoms with Gasteiger partial charge in [0.1, 0.15) is 0 Å². The lowest BCUT2D eigenvalue weighted by Gasteiger charge is -2.35. The average molecular weight is 344 g/mol. The monoisotopic (exact) mass is 343 g/mol. The molecule has 25 heavy (non-hydrogen) atoms. The Bertz CT molecular complexity index is 539. The molecule has 1 atom stereocenters. The van der Waals surface area contributed by atoms with Crippen LogP contribution in [0.25, 0.3) is 0 Å². The zero-order chi connectivity index (χ0) is 17.6. The lowest BCUT2D eigenvalue weighted by molar-refractivity contribution is -0.133. The first kappa shape index (κ1) is 18.4. The van der Waals surface area contributed by atoms with Crippen molar-refractivity contribution in [2.45, 2.75) is 45.2 Å². The Labute approximate surface area is 152 Å². The van der Waals surface area contributed by atoms with Crippen molar-refractivity contribution in [2.75, 3.05) is 39.8 Å². The second-order valence-electron chi connectivity index (χ2n) is 7.83. The van der Waals surface area contributed by atoms with Gasteiger partial charge in [-0.3, -0.25) is 4.79 Å². The van der Waals surface area contributed by atoms with Crippen molar-refractivity contribution in [3.05, 3.63) is 35.9 Å². The molecule has 1 aromatic rings. The molecule has 4 nitrogen and oxygen atoms in total. The molecule has 0 bridgehead atoms. The predicted molar refractivity (Wildman–Crippen MR) is 102 cm³/mol. The van der Waals surface area contributed by atoms with Gasteiger partial charge in [-0.05, 0) is 50.9 Å². The van der Waals surface area contributed by atoms with Crippen molar-refractivity contribution in [1.82, 2.24) is 14.7 Å². The summed E-state index contributed by atoms with van der Waals surface area (Å²) in [7, 11) is 2.22. The SMILES string of the molecule is CC[C@@H]1CN(CC2CCN(C)CC2)CCC(=O)N1Cc1ccccc1. The van der Waals surface area contributed by atoms with Crippen LogP contribution in [-0.4, -0.2) is 66.4 Å². The molecule has 138 valence electrons. The minimum Gasteiger partial charge on any atom is -0.334 e. The Balaban J connectivity index is 1.62. The Morgan fingerprint density at radius 3 is 2.48 bits per heavy atom. The third-order valence-electron chi connectivity index (χ3n) is 5.89. The lowest BCUT2D eigenvalue weighted by atomic mass is 9.96. The van der Waals surface area contributed by atoms with Crippen molar-refractivity contribution in [2.24, 2.45) is 5.92 Å². The van der Waals surface area contributed by atoms with Crippen LogP contribution in [0.3, 0.4) is 0 Å². The number of likely N-dealkylation sites (tertiary alicyclic amines) is 1. The number of piperidine rings is 1. The summed E-state index contributed by atoms with van der Waals surface area (Å²) < 4.78 is 0. The first-order chi connectivity index (χ1) is 12.2. The molecule has 0 unspecified atom stereocenters. The standard InChI is InChI=1S/C21H33N3O/c1-3-20-17-23(15-19-9-12-22(2)13-10-19)14-11-21(25)24(20)16-18-7-5-4-6-8-18/h4-8,19-20H,3,9-17H2,1-2H3/t20-/m1/s1. The average Bonchev–Trinajstić information content (AvgIpc) is 2.78. The number of carbonyl (C=O) groups excluding carboxylic acids is 1. The zero-order valence-electron chi connectivity index (χ0n) is 15.9. The summed E-state index contributed by atoms with van der Waals surface area (Å²) in [6.07, 6.45) is 4.29. The van der Waals surface area contributed by atoms with Gasteiger partial charge in [0.2, 0.25) is 5.91 Å². The Morgan fingerprint density at radius 1 is 1.08 bits per heavy atom. The van der Waals surface area contributed by atoms with E-state index in [4.69, 9.17) is 0 Å². The summed E-state index contributed by atoms with van der Waals surface area (Å²) in [5, 5.41) is 0. The molecule has 2 fully saturated rings. The summed E-state index contributed by atoms with van der Waals surface area (Å²) in [6, 6.07) is 10.7. The van der Waals surface area contributed by atoms with Crippen LogP contribution >= 0.6 is 0 Å². The molecule has 0 N–H and O–H groups in total. The maximum atomic E-state index is 12.8. The van der Waals surface area contributed by atoms with Gasteiger partial charge >= 0.3 is 0 Å². The zero-order valence-corrected chi connectivity index (χ0v) is 15.9. The van der Waals surface area contributed by atoms with E-state index in [1.807, 2.05) is 6.07 Å². The number of carbonyl (C=O) groups is 1. The van der Waals surface area contributed by atoms with Crippen molar-refractivity contribution in [1.29, 1.82) is 0 Å². The maximum absolute atomic E-state index is 12.8. The van der Waals surface area contributed by atoms with E-state index < -0.39 is 0 Å². The predicted octanol–water partition coefficient (Wildman–Crippen LogP) is 2.84. The van der Waals surface area contributed by atoms with Crippen molar-refractivity contribution < 1.29 is 4.79 Å². The summed E-state index contributed by atoms with van der Waals surface area (Å²) >= 11 is 0. The topological polar surface area (TPSA) is 26.8 Å². The van der Waals surface area contributed by atoms with Crippen LogP contribution in [-0.2, 0) is 11.3 Å². The van der Waals surface area contributed by atoms with E-state index in [2.05, 4.69) is 52.9 Å². The largest absolute Gasteiger partial charge is 0.334 e. The molecular formula is C21H33N3O. The number of amides is 1. The van der Waals surface area contributed by atoms with Gasteiger partial charge in [0.15, 0.2) is 0 Å². The fourth-order valence-electron chi connectivity index (χ4n) is 4.21. The molecule has 4 heteroatoms. The fraction of sp³-hybridized carbons (Fsp3) is 0.667. The minimum absolute atomic E-state index is 0.321. The summed E-state index contributed by atoms with van der Waals surface area (Å²) in [5.74, 6) is 1.12. The molecule has 2 saturated heterocycles. The first-order valence-electron chi connectivity index (χ1n) is 9.90. The van der Waals surface area contributed by atoms with Gasteiger partial charge in [0.25, 0.3) is 0 Å². The molecule has 3 rings (SSSR count). The molecular weight excluding hydrogens is 310 g/mol. The normalized spacial score (nSPS) is 24.5. The van der Waals surface area contributed by atoms with Crippen molar-refractivity contribution in [3.63, 3.8) is 0 Å². The van der Waals surface area contributed by atoms with E-state index in [0.717, 1.165) is 38.5 Å². The van der Waals surface area contributed by atoms with Gasteiger partial charge < -0.3 is 14.7 Å². The molecule has 1 aromatic carbocycles. The van der Waals surface area contributed by atoms with Gasteiger partial charge in [0, 0.05) is 38.6 Å². The van der Waals surface area contributed by atoms with Gasteiger partial charge in [-0.15, -0.1) is 0 Å². The Hall–Kier alpha value is -1.39. The first-order valence-corrected chi connectivity index (χ1v) is 9.90. The van der Waals surface area contributed by atoms with E-state index in [1.165, 1.54) is 31.5 Å². The van der Waals surface area contributed by atoms with Crippen molar-refractivity contribution in [3.8, 4) is 0 Å².